The van der Waals surface area contributed by atoms with E-state index in [2.05, 4.69) is 46.2 Å². The van der Waals surface area contributed by atoms with Gasteiger partial charge in [-0.3, -0.25) is 4.79 Å². The SMILES string of the molecule is CCCCC(CC)COC(=O)CS.[CH3][Sn]([CH3])([CH3])[CH3]. The molecule has 0 radical (unpaired) electrons. The monoisotopic (exact) mass is 384 g/mol. The summed E-state index contributed by atoms with van der Waals surface area (Å²) in [5, 5.41) is 0. The van der Waals surface area contributed by atoms with Crippen LogP contribution in [0, 0.1) is 5.92 Å². The Morgan fingerprint density at radius 1 is 1.22 bits per heavy atom. The Balaban J connectivity index is 0. The number of thiol groups is 1. The van der Waals surface area contributed by atoms with Crippen molar-refractivity contribution in [2.45, 2.75) is 59.3 Å². The summed E-state index contributed by atoms with van der Waals surface area (Å²) >= 11 is 2.66. The first kappa shape index (κ1) is 20.9. The van der Waals surface area contributed by atoms with E-state index in [-0.39, 0.29) is 11.7 Å². The maximum atomic E-state index is 10.8. The molecule has 0 aromatic rings. The molecule has 0 saturated heterocycles. The third-order valence-corrected chi connectivity index (χ3v) is 2.41. The van der Waals surface area contributed by atoms with Crippen LogP contribution >= 0.6 is 12.6 Å². The first-order chi connectivity index (χ1) is 8.24. The van der Waals surface area contributed by atoms with Crippen molar-refractivity contribution in [3.63, 3.8) is 0 Å². The average molecular weight is 383 g/mol. The molecule has 0 aliphatic rings. The van der Waals surface area contributed by atoms with Gasteiger partial charge in [0.15, 0.2) is 0 Å². The summed E-state index contributed by atoms with van der Waals surface area (Å²) in [6.45, 7) is 4.87. The van der Waals surface area contributed by atoms with Gasteiger partial charge in [-0.15, -0.1) is 0 Å². The van der Waals surface area contributed by atoms with E-state index in [0.29, 0.717) is 12.5 Å². The summed E-state index contributed by atoms with van der Waals surface area (Å²) in [7, 11) is 0. The van der Waals surface area contributed by atoms with Crippen LogP contribution in [-0.4, -0.2) is 36.7 Å². The first-order valence-corrected chi connectivity index (χ1v) is 19.1. The molecule has 110 valence electrons. The number of carbonyl (C=O) groups excluding carboxylic acids is 1. The van der Waals surface area contributed by atoms with Crippen LogP contribution in [0.15, 0.2) is 0 Å². The fourth-order valence-electron chi connectivity index (χ4n) is 1.15. The van der Waals surface area contributed by atoms with Gasteiger partial charge < -0.3 is 4.74 Å². The Bertz CT molecular complexity index is 196. The Hall–Kier alpha value is 0.619. The van der Waals surface area contributed by atoms with E-state index >= 15 is 0 Å². The van der Waals surface area contributed by atoms with Crippen molar-refractivity contribution in [1.82, 2.24) is 0 Å². The Morgan fingerprint density at radius 2 is 1.72 bits per heavy atom. The van der Waals surface area contributed by atoms with Gasteiger partial charge in [-0.1, -0.05) is 33.1 Å². The van der Waals surface area contributed by atoms with Gasteiger partial charge in [0.25, 0.3) is 0 Å². The Morgan fingerprint density at radius 3 is 2.06 bits per heavy atom. The van der Waals surface area contributed by atoms with Gasteiger partial charge in [0.2, 0.25) is 0 Å². The molecule has 1 unspecified atom stereocenters. The number of carbonyl (C=O) groups is 1. The second-order valence-corrected chi connectivity index (χ2v) is 23.7. The Labute approximate surface area is 124 Å². The molecule has 0 bridgehead atoms. The summed E-state index contributed by atoms with van der Waals surface area (Å²) in [6, 6.07) is 0. The van der Waals surface area contributed by atoms with Crippen molar-refractivity contribution >= 4 is 37.0 Å². The summed E-state index contributed by atoms with van der Waals surface area (Å²) in [6.07, 6.45) is 4.67. The molecule has 18 heavy (non-hydrogen) atoms. The zero-order valence-electron chi connectivity index (χ0n) is 13.1. The van der Waals surface area contributed by atoms with Crippen molar-refractivity contribution in [2.24, 2.45) is 5.92 Å². The molecule has 0 aliphatic carbocycles. The minimum absolute atomic E-state index is 0.185. The zero-order chi connectivity index (χ0) is 14.6. The summed E-state index contributed by atoms with van der Waals surface area (Å²) in [4.78, 5) is 20.4. The van der Waals surface area contributed by atoms with Crippen LogP contribution in [0.25, 0.3) is 0 Å². The molecule has 0 amide bonds. The summed E-state index contributed by atoms with van der Waals surface area (Å²) < 4.78 is 5.03. The second-order valence-electron chi connectivity index (χ2n) is 6.26. The van der Waals surface area contributed by atoms with Crippen molar-refractivity contribution in [3.8, 4) is 0 Å². The number of esters is 1. The van der Waals surface area contributed by atoms with Crippen LogP contribution in [0.1, 0.15) is 39.5 Å². The molecule has 0 aliphatic heterocycles. The molecule has 0 aromatic carbocycles. The maximum absolute atomic E-state index is 10.8. The quantitative estimate of drug-likeness (QED) is 0.394. The fraction of sp³-hybridized carbons (Fsp3) is 0.929. The van der Waals surface area contributed by atoms with Crippen LogP contribution in [-0.2, 0) is 9.53 Å². The van der Waals surface area contributed by atoms with E-state index in [1.54, 1.807) is 0 Å². The van der Waals surface area contributed by atoms with E-state index in [1.807, 2.05) is 0 Å². The van der Waals surface area contributed by atoms with Gasteiger partial charge in [-0.2, -0.15) is 12.6 Å². The summed E-state index contributed by atoms with van der Waals surface area (Å²) in [5.74, 6) is 0.506. The van der Waals surface area contributed by atoms with Gasteiger partial charge in [0.1, 0.15) is 0 Å². The predicted octanol–water partition coefficient (Wildman–Crippen LogP) is 4.63. The molecule has 2 nitrogen and oxygen atoms in total. The molecule has 0 rings (SSSR count). The van der Waals surface area contributed by atoms with Crippen LogP contribution < -0.4 is 0 Å². The minimum atomic E-state index is -1.18. The third-order valence-electron chi connectivity index (χ3n) is 2.15. The van der Waals surface area contributed by atoms with E-state index in [9.17, 15) is 4.79 Å². The molecule has 0 spiro atoms. The van der Waals surface area contributed by atoms with Crippen molar-refractivity contribution in [1.29, 1.82) is 0 Å². The number of hydrogen-bond donors (Lipinski definition) is 1. The normalized spacial score (nSPS) is 12.4. The van der Waals surface area contributed by atoms with Gasteiger partial charge in [0.05, 0.1) is 12.4 Å². The third kappa shape index (κ3) is 21.9. The van der Waals surface area contributed by atoms with Gasteiger partial charge in [-0.05, 0) is 12.3 Å². The van der Waals surface area contributed by atoms with Gasteiger partial charge in [0, 0.05) is 0 Å². The average Bonchev–Trinajstić information content (AvgIpc) is 2.26. The van der Waals surface area contributed by atoms with Gasteiger partial charge >= 0.3 is 44.1 Å². The summed E-state index contributed by atoms with van der Waals surface area (Å²) in [5.41, 5.74) is 0. The molecule has 0 saturated carbocycles. The van der Waals surface area contributed by atoms with E-state index in [4.69, 9.17) is 4.74 Å². The second kappa shape index (κ2) is 12.6. The molecule has 4 heteroatoms. The van der Waals surface area contributed by atoms with Crippen LogP contribution in [0.5, 0.6) is 0 Å². The van der Waals surface area contributed by atoms with Crippen LogP contribution in [0.3, 0.4) is 0 Å². The molecule has 0 N–H and O–H groups in total. The zero-order valence-corrected chi connectivity index (χ0v) is 16.8. The van der Waals surface area contributed by atoms with E-state index in [1.165, 1.54) is 12.8 Å². The van der Waals surface area contributed by atoms with Crippen molar-refractivity contribution in [2.75, 3.05) is 12.4 Å². The number of rotatable bonds is 7. The van der Waals surface area contributed by atoms with Crippen LogP contribution in [0.4, 0.5) is 0 Å². The molecular weight excluding hydrogens is 351 g/mol. The van der Waals surface area contributed by atoms with Crippen LogP contribution in [0.2, 0.25) is 19.8 Å². The molecule has 0 aromatic heterocycles. The number of unbranched alkanes of at least 4 members (excludes halogenated alkanes) is 1. The van der Waals surface area contributed by atoms with E-state index < -0.39 is 18.4 Å². The standard InChI is InChI=1S/C10H20O2S.4CH3.Sn/c1-3-5-6-9(4-2)7-12-10(11)8-13;;;;;/h9,13H,3-8H2,1-2H3;4*1H3;. The fourth-order valence-corrected chi connectivity index (χ4v) is 1.25. The topological polar surface area (TPSA) is 26.3 Å². The predicted molar refractivity (Wildman–Crippen MR) is 87.3 cm³/mol. The van der Waals surface area contributed by atoms with Gasteiger partial charge in [-0.25, -0.2) is 0 Å². The molecular formula is C14H32O2SSn. The molecule has 1 atom stereocenters. The number of hydrogen-bond acceptors (Lipinski definition) is 3. The van der Waals surface area contributed by atoms with Crippen molar-refractivity contribution in [3.05, 3.63) is 0 Å². The first-order valence-electron chi connectivity index (χ1n) is 7.01. The number of ether oxygens (including phenoxy) is 1. The Kier molecular flexibility index (Phi) is 14.7. The van der Waals surface area contributed by atoms with E-state index in [0.717, 1.165) is 12.8 Å². The molecule has 0 fully saturated rings. The van der Waals surface area contributed by atoms with Crippen molar-refractivity contribution < 1.29 is 9.53 Å². The molecule has 0 heterocycles.